The molecular weight excluding hydrogens is 452 g/mol. The molecule has 2 aromatic heterocycles. The number of nitrogens with zero attached hydrogens (tertiary/aromatic N) is 5. The number of hydrogen-bond acceptors (Lipinski definition) is 7. The molecule has 3 heterocycles. The van der Waals surface area contributed by atoms with Crippen molar-refractivity contribution in [3.8, 4) is 16.3 Å². The highest BCUT2D eigenvalue weighted by Crippen LogP contribution is 2.26. The van der Waals surface area contributed by atoms with Gasteiger partial charge in [0.25, 0.3) is 5.56 Å². The van der Waals surface area contributed by atoms with Crippen LogP contribution in [0.2, 0.25) is 0 Å². The van der Waals surface area contributed by atoms with Crippen LogP contribution in [0.5, 0.6) is 5.75 Å². The smallest absolute Gasteiger partial charge is 0.321 e. The summed E-state index contributed by atoms with van der Waals surface area (Å²) in [6.07, 6.45) is 0. The zero-order valence-corrected chi connectivity index (χ0v) is 19.5. The molecule has 0 radical (unpaired) electrons. The Morgan fingerprint density at radius 1 is 1.06 bits per heavy atom. The lowest BCUT2D eigenvalue weighted by Crippen LogP contribution is -2.49. The Bertz CT molecular complexity index is 1340. The number of para-hydroxylation sites is 1. The van der Waals surface area contributed by atoms with Gasteiger partial charge in [0.15, 0.2) is 0 Å². The topological polar surface area (TPSA) is 92.1 Å². The highest BCUT2D eigenvalue weighted by atomic mass is 32.1. The largest absolute Gasteiger partial charge is 0.497 e. The highest BCUT2D eigenvalue weighted by Gasteiger charge is 2.22. The summed E-state index contributed by atoms with van der Waals surface area (Å²) in [6.45, 7) is 3.20. The van der Waals surface area contributed by atoms with Gasteiger partial charge < -0.3 is 15.0 Å². The van der Waals surface area contributed by atoms with E-state index in [9.17, 15) is 9.59 Å². The van der Waals surface area contributed by atoms with E-state index >= 15 is 0 Å². The number of hydrogen-bond donors (Lipinski definition) is 1. The summed E-state index contributed by atoms with van der Waals surface area (Å²) in [4.78, 5) is 34.4. The van der Waals surface area contributed by atoms with Crippen molar-refractivity contribution in [2.75, 3.05) is 38.6 Å². The molecule has 1 fully saturated rings. The number of fused-ring (bicyclic) bond motifs is 1. The number of methoxy groups -OCH3 is 1. The van der Waals surface area contributed by atoms with Crippen LogP contribution in [-0.4, -0.2) is 63.7 Å². The first-order valence-electron chi connectivity index (χ1n) is 11.0. The predicted molar refractivity (Wildman–Crippen MR) is 131 cm³/mol. The van der Waals surface area contributed by atoms with Crippen LogP contribution in [0.25, 0.3) is 15.5 Å². The number of aromatic nitrogens is 3. The van der Waals surface area contributed by atoms with Crippen molar-refractivity contribution in [1.82, 2.24) is 24.4 Å². The van der Waals surface area contributed by atoms with Crippen LogP contribution in [-0.2, 0) is 6.54 Å². The lowest BCUT2D eigenvalue weighted by atomic mass is 10.2. The molecule has 0 aliphatic carbocycles. The van der Waals surface area contributed by atoms with Crippen molar-refractivity contribution >= 4 is 28.0 Å². The van der Waals surface area contributed by atoms with Gasteiger partial charge in [-0.15, -0.1) is 0 Å². The van der Waals surface area contributed by atoms with E-state index in [1.54, 1.807) is 18.1 Å². The molecule has 10 heteroatoms. The van der Waals surface area contributed by atoms with Gasteiger partial charge >= 0.3 is 6.03 Å². The Morgan fingerprint density at radius 3 is 2.50 bits per heavy atom. The second-order valence-electron chi connectivity index (χ2n) is 7.98. The van der Waals surface area contributed by atoms with E-state index in [2.05, 4.69) is 20.3 Å². The molecular formula is C24H24N6O3S. The molecule has 1 N–H and O–H groups in total. The van der Waals surface area contributed by atoms with Gasteiger partial charge in [-0.3, -0.25) is 9.69 Å². The Balaban J connectivity index is 1.23. The summed E-state index contributed by atoms with van der Waals surface area (Å²) >= 11 is 1.38. The van der Waals surface area contributed by atoms with Crippen molar-refractivity contribution in [2.45, 2.75) is 6.54 Å². The lowest BCUT2D eigenvalue weighted by molar-refractivity contribution is 0.142. The Hall–Kier alpha value is -3.76. The van der Waals surface area contributed by atoms with Gasteiger partial charge in [-0.1, -0.05) is 29.5 Å². The number of piperazine rings is 1. The van der Waals surface area contributed by atoms with Gasteiger partial charge in [-0.05, 0) is 36.4 Å². The maximum atomic E-state index is 12.7. The number of nitrogens with one attached hydrogen (secondary N) is 1. The maximum absolute atomic E-state index is 12.7. The van der Waals surface area contributed by atoms with Crippen LogP contribution < -0.4 is 15.6 Å². The third-order valence-electron chi connectivity index (χ3n) is 5.71. The minimum atomic E-state index is -0.197. The summed E-state index contributed by atoms with van der Waals surface area (Å²) in [5.41, 5.74) is 2.20. The predicted octanol–water partition coefficient (Wildman–Crippen LogP) is 3.18. The van der Waals surface area contributed by atoms with E-state index < -0.39 is 0 Å². The van der Waals surface area contributed by atoms with Gasteiger partial charge in [-0.25, -0.2) is 9.78 Å². The second kappa shape index (κ2) is 9.62. The number of benzene rings is 2. The van der Waals surface area contributed by atoms with Crippen molar-refractivity contribution < 1.29 is 9.53 Å². The number of carbonyl (C=O) groups excluding carboxylic acids is 1. The summed E-state index contributed by atoms with van der Waals surface area (Å²) in [6, 6.07) is 18.4. The van der Waals surface area contributed by atoms with Crippen LogP contribution in [0.4, 0.5) is 10.5 Å². The number of rotatable bonds is 5. The molecule has 2 aromatic carbocycles. The number of urea groups is 1. The van der Waals surface area contributed by atoms with E-state index in [1.165, 1.54) is 15.9 Å². The van der Waals surface area contributed by atoms with Crippen molar-refractivity contribution in [3.05, 3.63) is 76.7 Å². The Kier molecular flexibility index (Phi) is 6.24. The first kappa shape index (κ1) is 22.1. The monoisotopic (exact) mass is 476 g/mol. The number of amides is 2. The number of anilines is 1. The van der Waals surface area contributed by atoms with Gasteiger partial charge in [0, 0.05) is 50.0 Å². The van der Waals surface area contributed by atoms with Crippen LogP contribution in [0.1, 0.15) is 5.69 Å². The number of carbonyl (C=O) groups is 1. The molecule has 1 saturated heterocycles. The van der Waals surface area contributed by atoms with E-state index in [1.807, 2.05) is 54.6 Å². The fraction of sp³-hybridized carbons (Fsp3) is 0.250. The zero-order valence-electron chi connectivity index (χ0n) is 18.7. The average Bonchev–Trinajstić information content (AvgIpc) is 3.30. The molecule has 0 unspecified atom stereocenters. The fourth-order valence-electron chi connectivity index (χ4n) is 3.85. The number of ether oxygens (including phenoxy) is 1. The zero-order chi connectivity index (χ0) is 23.5. The molecule has 0 atom stereocenters. The van der Waals surface area contributed by atoms with E-state index in [4.69, 9.17) is 4.74 Å². The first-order chi connectivity index (χ1) is 16.6. The lowest BCUT2D eigenvalue weighted by Gasteiger charge is -2.34. The summed E-state index contributed by atoms with van der Waals surface area (Å²) in [7, 11) is 1.62. The Labute approximate surface area is 200 Å². The molecule has 4 aromatic rings. The van der Waals surface area contributed by atoms with Crippen LogP contribution in [0.3, 0.4) is 0 Å². The van der Waals surface area contributed by atoms with Gasteiger partial charge in [0.05, 0.1) is 12.8 Å². The third-order valence-corrected chi connectivity index (χ3v) is 6.66. The van der Waals surface area contributed by atoms with E-state index in [0.717, 1.165) is 22.0 Å². The van der Waals surface area contributed by atoms with Crippen LogP contribution >= 0.6 is 11.3 Å². The van der Waals surface area contributed by atoms with Gasteiger partial charge in [0.1, 0.15) is 10.8 Å². The molecule has 0 bridgehead atoms. The van der Waals surface area contributed by atoms with E-state index in [0.29, 0.717) is 43.4 Å². The maximum Gasteiger partial charge on any atom is 0.321 e. The van der Waals surface area contributed by atoms with Crippen molar-refractivity contribution in [2.24, 2.45) is 0 Å². The third kappa shape index (κ3) is 4.78. The first-order valence-corrected chi connectivity index (χ1v) is 11.8. The molecule has 34 heavy (non-hydrogen) atoms. The Morgan fingerprint density at radius 2 is 1.79 bits per heavy atom. The molecule has 174 valence electrons. The van der Waals surface area contributed by atoms with Crippen LogP contribution in [0, 0.1) is 0 Å². The minimum Gasteiger partial charge on any atom is -0.497 e. The van der Waals surface area contributed by atoms with E-state index in [-0.39, 0.29) is 11.6 Å². The molecule has 9 nitrogen and oxygen atoms in total. The standard InChI is InChI=1S/C24H24N6O3S/c1-33-20-9-7-17(8-10-20)22-27-30-21(31)15-19(26-24(30)34-22)16-28-11-13-29(14-12-28)23(32)25-18-5-3-2-4-6-18/h2-10,15H,11-14,16H2,1H3,(H,25,32). The minimum absolute atomic E-state index is 0.0978. The highest BCUT2D eigenvalue weighted by molar-refractivity contribution is 7.19. The van der Waals surface area contributed by atoms with Crippen molar-refractivity contribution in [3.63, 3.8) is 0 Å². The fourth-order valence-corrected chi connectivity index (χ4v) is 4.78. The normalized spacial score (nSPS) is 14.3. The molecule has 5 rings (SSSR count). The average molecular weight is 477 g/mol. The molecule has 1 aliphatic heterocycles. The van der Waals surface area contributed by atoms with Crippen LogP contribution in [0.15, 0.2) is 65.5 Å². The quantitative estimate of drug-likeness (QED) is 0.476. The summed E-state index contributed by atoms with van der Waals surface area (Å²) in [5, 5.41) is 8.09. The van der Waals surface area contributed by atoms with Gasteiger partial charge in [-0.2, -0.15) is 9.61 Å². The second-order valence-corrected chi connectivity index (χ2v) is 8.93. The summed E-state index contributed by atoms with van der Waals surface area (Å²) in [5.74, 6) is 0.764. The molecule has 0 saturated carbocycles. The van der Waals surface area contributed by atoms with Crippen molar-refractivity contribution in [1.29, 1.82) is 0 Å². The molecule has 1 aliphatic rings. The molecule has 2 amide bonds. The molecule has 0 spiro atoms. The summed E-state index contributed by atoms with van der Waals surface area (Å²) < 4.78 is 6.55. The SMILES string of the molecule is COc1ccc(-c2nn3c(=O)cc(CN4CCN(C(=O)Nc5ccccc5)CC4)nc3s2)cc1. The van der Waals surface area contributed by atoms with Gasteiger partial charge in [0.2, 0.25) is 4.96 Å².